The van der Waals surface area contributed by atoms with Crippen LogP contribution in [0.4, 0.5) is 5.69 Å². The number of aryl methyl sites for hydroxylation is 1. The van der Waals surface area contributed by atoms with E-state index in [4.69, 9.17) is 0 Å². The quantitative estimate of drug-likeness (QED) is 0.514. The summed E-state index contributed by atoms with van der Waals surface area (Å²) >= 11 is 1.64. The predicted octanol–water partition coefficient (Wildman–Crippen LogP) is 5.49. The van der Waals surface area contributed by atoms with Gasteiger partial charge in [-0.05, 0) is 48.7 Å². The zero-order valence-corrected chi connectivity index (χ0v) is 18.4. The molecule has 0 saturated carbocycles. The summed E-state index contributed by atoms with van der Waals surface area (Å²) < 4.78 is 0. The van der Waals surface area contributed by atoms with Crippen LogP contribution in [0.1, 0.15) is 21.9 Å². The maximum absolute atomic E-state index is 13.6. The average Bonchev–Trinajstić information content (AvgIpc) is 2.80. The summed E-state index contributed by atoms with van der Waals surface area (Å²) in [5.74, 6) is 0.204. The van der Waals surface area contributed by atoms with Crippen molar-refractivity contribution >= 4 is 23.4 Å². The Labute approximate surface area is 183 Å². The van der Waals surface area contributed by atoms with Gasteiger partial charge in [-0.1, -0.05) is 60.7 Å². The minimum Gasteiger partial charge on any atom is -0.368 e. The second-order valence-electron chi connectivity index (χ2n) is 7.75. The van der Waals surface area contributed by atoms with Crippen LogP contribution < -0.4 is 4.90 Å². The van der Waals surface area contributed by atoms with E-state index in [2.05, 4.69) is 61.2 Å². The van der Waals surface area contributed by atoms with Gasteiger partial charge in [0.15, 0.2) is 0 Å². The Morgan fingerprint density at radius 3 is 2.10 bits per heavy atom. The fourth-order valence-corrected chi connectivity index (χ4v) is 5.07. The lowest BCUT2D eigenvalue weighted by molar-refractivity contribution is -0.131. The van der Waals surface area contributed by atoms with Crippen LogP contribution in [0.25, 0.3) is 0 Å². The number of amides is 1. The molecule has 3 aromatic rings. The zero-order valence-electron chi connectivity index (χ0n) is 17.6. The minimum atomic E-state index is -0.221. The molecule has 0 aliphatic carbocycles. The van der Waals surface area contributed by atoms with Gasteiger partial charge in [-0.15, -0.1) is 11.8 Å². The number of piperazine rings is 1. The number of nitrogens with zero attached hydrogens (tertiary/aromatic N) is 2. The smallest absolute Gasteiger partial charge is 0.240 e. The highest BCUT2D eigenvalue weighted by atomic mass is 32.2. The Bertz CT molecular complexity index is 982. The van der Waals surface area contributed by atoms with Gasteiger partial charge in [0.05, 0.1) is 0 Å². The molecule has 4 heteroatoms. The van der Waals surface area contributed by atoms with Crippen molar-refractivity contribution in [1.29, 1.82) is 0 Å². The van der Waals surface area contributed by atoms with E-state index in [0.717, 1.165) is 36.6 Å². The molecule has 154 valence electrons. The lowest BCUT2D eigenvalue weighted by Crippen LogP contribution is -2.50. The number of carbonyl (C=O) groups is 1. The number of hydrogen-bond donors (Lipinski definition) is 0. The van der Waals surface area contributed by atoms with Crippen LogP contribution in [0, 0.1) is 13.8 Å². The van der Waals surface area contributed by atoms with Gasteiger partial charge >= 0.3 is 0 Å². The van der Waals surface area contributed by atoms with Crippen molar-refractivity contribution < 1.29 is 4.79 Å². The normalized spacial score (nSPS) is 15.1. The summed E-state index contributed by atoms with van der Waals surface area (Å²) in [5, 5.41) is -0.221. The zero-order chi connectivity index (χ0) is 20.9. The van der Waals surface area contributed by atoms with E-state index in [-0.39, 0.29) is 11.2 Å². The monoisotopic (exact) mass is 416 g/mol. The second kappa shape index (κ2) is 9.40. The molecule has 30 heavy (non-hydrogen) atoms. The molecular formula is C26H28N2OS. The Hall–Kier alpha value is -2.72. The van der Waals surface area contributed by atoms with E-state index in [1.807, 2.05) is 41.3 Å². The fraction of sp³-hybridized carbons (Fsp3) is 0.269. The molecule has 1 aliphatic rings. The first kappa shape index (κ1) is 20.5. The van der Waals surface area contributed by atoms with Crippen LogP contribution in [-0.4, -0.2) is 37.0 Å². The minimum absolute atomic E-state index is 0.204. The van der Waals surface area contributed by atoms with Crippen molar-refractivity contribution in [3.8, 4) is 0 Å². The summed E-state index contributed by atoms with van der Waals surface area (Å²) in [6, 6.07) is 26.8. The number of hydrogen-bond acceptors (Lipinski definition) is 3. The number of thioether (sulfide) groups is 1. The molecule has 4 rings (SSSR count). The first-order chi connectivity index (χ1) is 14.6. The van der Waals surface area contributed by atoms with Gasteiger partial charge in [-0.3, -0.25) is 4.79 Å². The van der Waals surface area contributed by atoms with Crippen molar-refractivity contribution in [2.24, 2.45) is 0 Å². The van der Waals surface area contributed by atoms with Crippen LogP contribution in [0.5, 0.6) is 0 Å². The van der Waals surface area contributed by atoms with Gasteiger partial charge in [-0.25, -0.2) is 0 Å². The Balaban J connectivity index is 1.49. The molecule has 1 aliphatic heterocycles. The van der Waals surface area contributed by atoms with Crippen LogP contribution in [0.2, 0.25) is 0 Å². The highest BCUT2D eigenvalue weighted by molar-refractivity contribution is 8.00. The van der Waals surface area contributed by atoms with Crippen molar-refractivity contribution in [2.45, 2.75) is 24.0 Å². The summed E-state index contributed by atoms with van der Waals surface area (Å²) in [6.45, 7) is 7.59. The summed E-state index contributed by atoms with van der Waals surface area (Å²) in [4.78, 5) is 19.1. The number of rotatable bonds is 5. The van der Waals surface area contributed by atoms with E-state index >= 15 is 0 Å². The molecule has 0 spiro atoms. The number of benzene rings is 3. The van der Waals surface area contributed by atoms with E-state index < -0.39 is 0 Å². The summed E-state index contributed by atoms with van der Waals surface area (Å²) in [7, 11) is 0. The van der Waals surface area contributed by atoms with Crippen molar-refractivity contribution in [1.82, 2.24) is 4.90 Å². The molecule has 0 unspecified atom stereocenters. The summed E-state index contributed by atoms with van der Waals surface area (Å²) in [5.41, 5.74) is 5.00. The van der Waals surface area contributed by atoms with Crippen LogP contribution in [0.3, 0.4) is 0 Å². The summed E-state index contributed by atoms with van der Waals surface area (Å²) in [6.07, 6.45) is 0. The van der Waals surface area contributed by atoms with Gasteiger partial charge in [0.2, 0.25) is 5.91 Å². The van der Waals surface area contributed by atoms with Crippen molar-refractivity contribution in [3.05, 3.63) is 95.6 Å². The molecule has 0 radical (unpaired) electrons. The molecule has 1 heterocycles. The molecule has 1 saturated heterocycles. The van der Waals surface area contributed by atoms with Gasteiger partial charge < -0.3 is 9.80 Å². The third-order valence-corrected chi connectivity index (χ3v) is 7.09. The van der Waals surface area contributed by atoms with Crippen LogP contribution in [0.15, 0.2) is 83.8 Å². The topological polar surface area (TPSA) is 23.6 Å². The van der Waals surface area contributed by atoms with Gasteiger partial charge in [-0.2, -0.15) is 0 Å². The molecule has 1 amide bonds. The molecule has 1 fully saturated rings. The number of anilines is 1. The van der Waals surface area contributed by atoms with E-state index in [0.29, 0.717) is 0 Å². The molecule has 0 aromatic heterocycles. The van der Waals surface area contributed by atoms with E-state index in [1.54, 1.807) is 11.8 Å². The van der Waals surface area contributed by atoms with Gasteiger partial charge in [0.25, 0.3) is 0 Å². The molecule has 3 nitrogen and oxygen atoms in total. The first-order valence-corrected chi connectivity index (χ1v) is 11.4. The fourth-order valence-electron chi connectivity index (χ4n) is 3.94. The van der Waals surface area contributed by atoms with E-state index in [9.17, 15) is 4.79 Å². The van der Waals surface area contributed by atoms with Crippen molar-refractivity contribution in [2.75, 3.05) is 31.1 Å². The van der Waals surface area contributed by atoms with Gasteiger partial charge in [0, 0.05) is 36.8 Å². The highest BCUT2D eigenvalue weighted by Crippen LogP contribution is 2.37. The van der Waals surface area contributed by atoms with Crippen LogP contribution >= 0.6 is 11.8 Å². The second-order valence-corrected chi connectivity index (χ2v) is 8.93. The van der Waals surface area contributed by atoms with E-state index in [1.165, 1.54) is 16.8 Å². The predicted molar refractivity (Wildman–Crippen MR) is 126 cm³/mol. The first-order valence-electron chi connectivity index (χ1n) is 10.5. The maximum Gasteiger partial charge on any atom is 0.240 e. The van der Waals surface area contributed by atoms with Crippen molar-refractivity contribution in [3.63, 3.8) is 0 Å². The Morgan fingerprint density at radius 2 is 1.43 bits per heavy atom. The third kappa shape index (κ3) is 4.54. The molecule has 3 aromatic carbocycles. The number of carbonyl (C=O) groups excluding carboxylic acids is 1. The Morgan fingerprint density at radius 1 is 0.800 bits per heavy atom. The standard InChI is InChI=1S/C26H28N2OS/c1-20-10-9-15-24(21(20)2)27-16-18-28(19-17-27)26(29)25(22-11-5-3-6-12-22)30-23-13-7-4-8-14-23/h3-15,25H,16-19H2,1-2H3/t25-/m1/s1. The molecular weight excluding hydrogens is 388 g/mol. The Kier molecular flexibility index (Phi) is 6.44. The molecule has 0 bridgehead atoms. The molecule has 1 atom stereocenters. The van der Waals surface area contributed by atoms with Crippen LogP contribution in [-0.2, 0) is 4.79 Å². The average molecular weight is 417 g/mol. The molecule has 0 N–H and O–H groups in total. The third-order valence-electron chi connectivity index (χ3n) is 5.83. The largest absolute Gasteiger partial charge is 0.368 e. The highest BCUT2D eigenvalue weighted by Gasteiger charge is 2.29. The maximum atomic E-state index is 13.6. The van der Waals surface area contributed by atoms with Gasteiger partial charge in [0.1, 0.15) is 5.25 Å². The lowest BCUT2D eigenvalue weighted by Gasteiger charge is -2.38. The SMILES string of the molecule is Cc1cccc(N2CCN(C(=O)[C@H](Sc3ccccc3)c3ccccc3)CC2)c1C. The lowest BCUT2D eigenvalue weighted by atomic mass is 10.1.